The zero-order chi connectivity index (χ0) is 9.97. The summed E-state index contributed by atoms with van der Waals surface area (Å²) in [7, 11) is 0. The van der Waals surface area contributed by atoms with Crippen molar-refractivity contribution in [2.24, 2.45) is 0 Å². The van der Waals surface area contributed by atoms with E-state index in [9.17, 15) is 0 Å². The molecule has 0 unspecified atom stereocenters. The average molecular weight is 208 g/mol. The molecule has 1 N–H and O–H groups in total. The van der Waals surface area contributed by atoms with Crippen molar-refractivity contribution in [1.29, 1.82) is 0 Å². The minimum atomic E-state index is 0.0991. The summed E-state index contributed by atoms with van der Waals surface area (Å²) < 4.78 is 1.93. The molecule has 0 atom stereocenters. The summed E-state index contributed by atoms with van der Waals surface area (Å²) >= 11 is 1.58. The first kappa shape index (κ1) is 9.43. The molecule has 0 saturated carbocycles. The van der Waals surface area contributed by atoms with Crippen LogP contribution < -0.4 is 0 Å². The summed E-state index contributed by atoms with van der Waals surface area (Å²) in [4.78, 5) is 1.00. The Morgan fingerprint density at radius 2 is 2.36 bits per heavy atom. The van der Waals surface area contributed by atoms with E-state index >= 15 is 0 Å². The van der Waals surface area contributed by atoms with E-state index in [1.807, 2.05) is 22.2 Å². The van der Waals surface area contributed by atoms with Crippen molar-refractivity contribution >= 4 is 11.3 Å². The Morgan fingerprint density at radius 3 is 3.07 bits per heavy atom. The molecule has 0 fully saturated rings. The van der Waals surface area contributed by atoms with Gasteiger partial charge in [0.05, 0.1) is 12.3 Å². The molecule has 2 aromatic heterocycles. The fourth-order valence-electron chi connectivity index (χ4n) is 1.50. The summed E-state index contributed by atoms with van der Waals surface area (Å²) in [6.45, 7) is 3.01. The van der Waals surface area contributed by atoms with Gasteiger partial charge in [0, 0.05) is 23.2 Å². The Balaban J connectivity index is 2.48. The normalized spacial score (nSPS) is 10.7. The van der Waals surface area contributed by atoms with Crippen molar-refractivity contribution in [3.05, 3.63) is 28.6 Å². The van der Waals surface area contributed by atoms with Gasteiger partial charge in [0.15, 0.2) is 0 Å². The molecule has 0 aliphatic carbocycles. The zero-order valence-corrected chi connectivity index (χ0v) is 8.79. The second-order valence-corrected chi connectivity index (χ2v) is 3.95. The van der Waals surface area contributed by atoms with E-state index in [1.54, 1.807) is 17.5 Å². The van der Waals surface area contributed by atoms with Gasteiger partial charge in [0.25, 0.3) is 0 Å². The van der Waals surface area contributed by atoms with Gasteiger partial charge in [-0.2, -0.15) is 5.10 Å². The largest absolute Gasteiger partial charge is 0.391 e. The van der Waals surface area contributed by atoms with Gasteiger partial charge in [-0.05, 0) is 24.4 Å². The van der Waals surface area contributed by atoms with E-state index < -0.39 is 0 Å². The van der Waals surface area contributed by atoms with E-state index in [1.165, 1.54) is 0 Å². The third-order valence-electron chi connectivity index (χ3n) is 2.18. The Labute approximate surface area is 86.6 Å². The van der Waals surface area contributed by atoms with Gasteiger partial charge in [-0.3, -0.25) is 4.68 Å². The number of aliphatic hydroxyl groups excluding tert-OH is 1. The minimum absolute atomic E-state index is 0.0991. The lowest BCUT2D eigenvalue weighted by Gasteiger charge is -2.04. The van der Waals surface area contributed by atoms with Crippen molar-refractivity contribution in [2.45, 2.75) is 20.1 Å². The van der Waals surface area contributed by atoms with Crippen molar-refractivity contribution in [3.63, 3.8) is 0 Å². The molecule has 0 amide bonds. The molecule has 2 rings (SSSR count). The van der Waals surface area contributed by atoms with Crippen LogP contribution in [0.2, 0.25) is 0 Å². The zero-order valence-electron chi connectivity index (χ0n) is 7.97. The second kappa shape index (κ2) is 3.94. The van der Waals surface area contributed by atoms with Gasteiger partial charge in [0.2, 0.25) is 0 Å². The predicted octanol–water partition coefficient (Wildman–Crippen LogP) is 2.12. The Morgan fingerprint density at radius 1 is 1.50 bits per heavy atom. The van der Waals surface area contributed by atoms with Gasteiger partial charge in [-0.25, -0.2) is 0 Å². The fourth-order valence-corrected chi connectivity index (χ4v) is 2.25. The standard InChI is InChI=1S/C10H12N2OS/c1-2-12-9(3-5-11-12)8-4-6-14-10(8)7-13/h3-6,13H,2,7H2,1H3. The molecule has 14 heavy (non-hydrogen) atoms. The van der Waals surface area contributed by atoms with Crippen molar-refractivity contribution < 1.29 is 5.11 Å². The van der Waals surface area contributed by atoms with Gasteiger partial charge in [-0.1, -0.05) is 0 Å². The van der Waals surface area contributed by atoms with Crippen molar-refractivity contribution in [1.82, 2.24) is 9.78 Å². The maximum atomic E-state index is 9.15. The first-order chi connectivity index (χ1) is 6.86. The lowest BCUT2D eigenvalue weighted by molar-refractivity contribution is 0.286. The predicted molar refractivity (Wildman–Crippen MR) is 57.1 cm³/mol. The van der Waals surface area contributed by atoms with E-state index in [-0.39, 0.29) is 6.61 Å². The highest BCUT2D eigenvalue weighted by Crippen LogP contribution is 2.27. The number of aryl methyl sites for hydroxylation is 1. The molecule has 0 aromatic carbocycles. The summed E-state index contributed by atoms with van der Waals surface area (Å²) in [6, 6.07) is 4.00. The number of nitrogens with zero attached hydrogens (tertiary/aromatic N) is 2. The third-order valence-corrected chi connectivity index (χ3v) is 3.09. The smallest absolute Gasteiger partial charge is 0.0781 e. The van der Waals surface area contributed by atoms with Crippen LogP contribution in [-0.2, 0) is 13.2 Å². The Hall–Kier alpha value is -1.13. The maximum Gasteiger partial charge on any atom is 0.0781 e. The van der Waals surface area contributed by atoms with Crippen molar-refractivity contribution in [3.8, 4) is 11.3 Å². The van der Waals surface area contributed by atoms with Crippen LogP contribution in [-0.4, -0.2) is 14.9 Å². The Kier molecular flexibility index (Phi) is 2.65. The number of hydrogen-bond donors (Lipinski definition) is 1. The van der Waals surface area contributed by atoms with Crippen LogP contribution in [0.15, 0.2) is 23.7 Å². The average Bonchev–Trinajstić information content (AvgIpc) is 2.85. The first-order valence-corrected chi connectivity index (χ1v) is 5.44. The molecular formula is C10H12N2OS. The van der Waals surface area contributed by atoms with Gasteiger partial charge in [0.1, 0.15) is 0 Å². The quantitative estimate of drug-likeness (QED) is 0.839. The second-order valence-electron chi connectivity index (χ2n) is 2.95. The van der Waals surface area contributed by atoms with Crippen LogP contribution in [0.3, 0.4) is 0 Å². The van der Waals surface area contributed by atoms with Crippen LogP contribution in [0.1, 0.15) is 11.8 Å². The lowest BCUT2D eigenvalue weighted by Crippen LogP contribution is -1.99. The maximum absolute atomic E-state index is 9.15. The number of hydrogen-bond acceptors (Lipinski definition) is 3. The first-order valence-electron chi connectivity index (χ1n) is 4.56. The summed E-state index contributed by atoms with van der Waals surface area (Å²) in [5, 5.41) is 15.4. The molecule has 0 bridgehead atoms. The molecule has 0 aliphatic heterocycles. The third kappa shape index (κ3) is 1.47. The summed E-state index contributed by atoms with van der Waals surface area (Å²) in [6.07, 6.45) is 1.79. The number of aliphatic hydroxyl groups is 1. The summed E-state index contributed by atoms with van der Waals surface area (Å²) in [5.74, 6) is 0. The number of aromatic nitrogens is 2. The molecule has 2 aromatic rings. The molecule has 0 spiro atoms. The van der Waals surface area contributed by atoms with E-state index in [4.69, 9.17) is 5.11 Å². The molecule has 3 nitrogen and oxygen atoms in total. The highest BCUT2D eigenvalue weighted by atomic mass is 32.1. The highest BCUT2D eigenvalue weighted by Gasteiger charge is 2.09. The molecule has 74 valence electrons. The molecule has 4 heteroatoms. The monoisotopic (exact) mass is 208 g/mol. The number of rotatable bonds is 3. The molecule has 2 heterocycles. The number of thiophene rings is 1. The lowest BCUT2D eigenvalue weighted by atomic mass is 10.2. The van der Waals surface area contributed by atoms with E-state index in [0.717, 1.165) is 22.7 Å². The van der Waals surface area contributed by atoms with E-state index in [0.29, 0.717) is 0 Å². The van der Waals surface area contributed by atoms with Gasteiger partial charge < -0.3 is 5.11 Å². The van der Waals surface area contributed by atoms with Crippen LogP contribution in [0.4, 0.5) is 0 Å². The van der Waals surface area contributed by atoms with Crippen LogP contribution in [0, 0.1) is 0 Å². The molecule has 0 saturated heterocycles. The van der Waals surface area contributed by atoms with Crippen molar-refractivity contribution in [2.75, 3.05) is 0 Å². The molecule has 0 aliphatic rings. The molecule has 0 radical (unpaired) electrons. The van der Waals surface area contributed by atoms with Crippen LogP contribution >= 0.6 is 11.3 Å². The molecular weight excluding hydrogens is 196 g/mol. The van der Waals surface area contributed by atoms with Gasteiger partial charge in [-0.15, -0.1) is 11.3 Å². The minimum Gasteiger partial charge on any atom is -0.391 e. The van der Waals surface area contributed by atoms with Crippen LogP contribution in [0.25, 0.3) is 11.3 Å². The topological polar surface area (TPSA) is 38.0 Å². The summed E-state index contributed by atoms with van der Waals surface area (Å²) in [5.41, 5.74) is 2.18. The fraction of sp³-hybridized carbons (Fsp3) is 0.300. The van der Waals surface area contributed by atoms with E-state index in [2.05, 4.69) is 12.0 Å². The van der Waals surface area contributed by atoms with Crippen LogP contribution in [0.5, 0.6) is 0 Å². The Bertz CT molecular complexity index is 379. The highest BCUT2D eigenvalue weighted by molar-refractivity contribution is 7.10. The van der Waals surface area contributed by atoms with Gasteiger partial charge >= 0.3 is 0 Å². The SMILES string of the molecule is CCn1nccc1-c1ccsc1CO.